The first-order chi connectivity index (χ1) is 9.20. The smallest absolute Gasteiger partial charge is 0.308 e. The van der Waals surface area contributed by atoms with Gasteiger partial charge in [0.1, 0.15) is 5.69 Å². The molecule has 1 aromatic heterocycles. The Morgan fingerprint density at radius 1 is 1.40 bits per heavy atom. The molecule has 0 bridgehead atoms. The van der Waals surface area contributed by atoms with E-state index < -0.39 is 11.9 Å². The van der Waals surface area contributed by atoms with Crippen molar-refractivity contribution in [2.24, 2.45) is 13.0 Å². The van der Waals surface area contributed by atoms with Crippen molar-refractivity contribution in [2.45, 2.75) is 32.6 Å². The van der Waals surface area contributed by atoms with E-state index in [0.29, 0.717) is 18.7 Å². The summed E-state index contributed by atoms with van der Waals surface area (Å²) in [5.41, 5.74) is 1.25. The molecule has 1 N–H and O–H groups in total. The molecule has 1 aliphatic heterocycles. The Morgan fingerprint density at radius 2 is 2.05 bits per heavy atom. The molecule has 1 saturated heterocycles. The molecule has 0 aliphatic carbocycles. The molecule has 0 spiro atoms. The lowest BCUT2D eigenvalue weighted by Gasteiger charge is -2.15. The highest BCUT2D eigenvalue weighted by molar-refractivity contribution is 5.93. The Balaban J connectivity index is 2.18. The predicted molar refractivity (Wildman–Crippen MR) is 73.6 cm³/mol. The highest BCUT2D eigenvalue weighted by atomic mass is 16.4. The topological polar surface area (TPSA) is 75.4 Å². The van der Waals surface area contributed by atoms with E-state index in [2.05, 4.69) is 5.10 Å². The number of carbonyl (C=O) groups is 2. The second-order valence-electron chi connectivity index (χ2n) is 6.36. The molecule has 1 unspecified atom stereocenters. The van der Waals surface area contributed by atoms with Crippen molar-refractivity contribution >= 4 is 11.9 Å². The molecular weight excluding hydrogens is 258 g/mol. The van der Waals surface area contributed by atoms with Gasteiger partial charge in [0.15, 0.2) is 0 Å². The first kappa shape index (κ1) is 14.6. The summed E-state index contributed by atoms with van der Waals surface area (Å²) >= 11 is 0. The van der Waals surface area contributed by atoms with E-state index in [1.54, 1.807) is 22.7 Å². The fourth-order valence-corrected chi connectivity index (χ4v) is 2.34. The van der Waals surface area contributed by atoms with Gasteiger partial charge in [-0.3, -0.25) is 14.3 Å². The number of aromatic nitrogens is 2. The van der Waals surface area contributed by atoms with Crippen LogP contribution in [-0.2, 0) is 17.3 Å². The number of aryl methyl sites for hydroxylation is 1. The van der Waals surface area contributed by atoms with Crippen LogP contribution >= 0.6 is 0 Å². The summed E-state index contributed by atoms with van der Waals surface area (Å²) in [5.74, 6) is -1.42. The number of likely N-dealkylation sites (tertiary alicyclic amines) is 1. The first-order valence-corrected chi connectivity index (χ1v) is 6.76. The van der Waals surface area contributed by atoms with Gasteiger partial charge in [-0.15, -0.1) is 0 Å². The average molecular weight is 279 g/mol. The molecule has 1 fully saturated rings. The second kappa shape index (κ2) is 4.92. The van der Waals surface area contributed by atoms with Crippen LogP contribution in [-0.4, -0.2) is 44.8 Å². The van der Waals surface area contributed by atoms with Crippen molar-refractivity contribution < 1.29 is 14.7 Å². The number of hydrogen-bond donors (Lipinski definition) is 1. The molecule has 20 heavy (non-hydrogen) atoms. The van der Waals surface area contributed by atoms with Gasteiger partial charge in [0.2, 0.25) is 0 Å². The van der Waals surface area contributed by atoms with Crippen LogP contribution in [0.1, 0.15) is 43.4 Å². The Hall–Kier alpha value is -1.85. The fraction of sp³-hybridized carbons (Fsp3) is 0.643. The van der Waals surface area contributed by atoms with E-state index >= 15 is 0 Å². The minimum absolute atomic E-state index is 0.120. The number of aliphatic carboxylic acids is 1. The maximum absolute atomic E-state index is 12.4. The largest absolute Gasteiger partial charge is 0.481 e. The second-order valence-corrected chi connectivity index (χ2v) is 6.36. The van der Waals surface area contributed by atoms with Crippen molar-refractivity contribution in [2.75, 3.05) is 13.1 Å². The number of carboxylic acid groups (broad SMARTS) is 1. The number of hydrogen-bond acceptors (Lipinski definition) is 3. The number of carboxylic acids is 1. The average Bonchev–Trinajstić information content (AvgIpc) is 2.93. The summed E-state index contributed by atoms with van der Waals surface area (Å²) in [6.45, 7) is 6.90. The van der Waals surface area contributed by atoms with Crippen molar-refractivity contribution in [3.63, 3.8) is 0 Å². The predicted octanol–water partition coefficient (Wildman–Crippen LogP) is 1.26. The molecule has 0 aromatic carbocycles. The van der Waals surface area contributed by atoms with Crippen LogP contribution in [0.2, 0.25) is 0 Å². The third kappa shape index (κ3) is 2.69. The van der Waals surface area contributed by atoms with E-state index in [4.69, 9.17) is 5.11 Å². The lowest BCUT2D eigenvalue weighted by Crippen LogP contribution is -2.31. The zero-order valence-corrected chi connectivity index (χ0v) is 12.4. The van der Waals surface area contributed by atoms with Gasteiger partial charge in [-0.1, -0.05) is 20.8 Å². The van der Waals surface area contributed by atoms with E-state index in [1.165, 1.54) is 0 Å². The van der Waals surface area contributed by atoms with E-state index in [-0.39, 0.29) is 17.9 Å². The van der Waals surface area contributed by atoms with Gasteiger partial charge in [0.25, 0.3) is 5.91 Å². The minimum atomic E-state index is -0.833. The third-order valence-corrected chi connectivity index (χ3v) is 3.69. The summed E-state index contributed by atoms with van der Waals surface area (Å²) in [5, 5.41) is 13.4. The van der Waals surface area contributed by atoms with Crippen LogP contribution in [0.25, 0.3) is 0 Å². The molecule has 110 valence electrons. The summed E-state index contributed by atoms with van der Waals surface area (Å²) < 4.78 is 1.58. The van der Waals surface area contributed by atoms with Gasteiger partial charge in [0.05, 0.1) is 11.6 Å². The van der Waals surface area contributed by atoms with E-state index in [0.717, 1.165) is 5.69 Å². The third-order valence-electron chi connectivity index (χ3n) is 3.69. The van der Waals surface area contributed by atoms with Crippen LogP contribution < -0.4 is 0 Å². The van der Waals surface area contributed by atoms with Gasteiger partial charge in [-0.2, -0.15) is 5.10 Å². The molecule has 1 aliphatic rings. The van der Waals surface area contributed by atoms with Crippen LogP contribution in [0.5, 0.6) is 0 Å². The molecule has 0 saturated carbocycles. The normalized spacial score (nSPS) is 19.4. The summed E-state index contributed by atoms with van der Waals surface area (Å²) in [6.07, 6.45) is 0.519. The summed E-state index contributed by atoms with van der Waals surface area (Å²) in [6, 6.07) is 1.80. The fourth-order valence-electron chi connectivity index (χ4n) is 2.34. The van der Waals surface area contributed by atoms with Crippen LogP contribution in [0, 0.1) is 5.92 Å². The van der Waals surface area contributed by atoms with Crippen molar-refractivity contribution in [3.8, 4) is 0 Å². The van der Waals surface area contributed by atoms with E-state index in [9.17, 15) is 9.59 Å². The zero-order valence-electron chi connectivity index (χ0n) is 12.4. The van der Waals surface area contributed by atoms with Crippen LogP contribution in [0.4, 0.5) is 0 Å². The molecule has 1 amide bonds. The van der Waals surface area contributed by atoms with Gasteiger partial charge in [-0.05, 0) is 12.5 Å². The maximum atomic E-state index is 12.4. The lowest BCUT2D eigenvalue weighted by atomic mass is 9.92. The Morgan fingerprint density at radius 3 is 2.50 bits per heavy atom. The van der Waals surface area contributed by atoms with Crippen molar-refractivity contribution in [3.05, 3.63) is 17.5 Å². The Kier molecular flexibility index (Phi) is 3.58. The highest BCUT2D eigenvalue weighted by Gasteiger charge is 2.33. The molecule has 6 heteroatoms. The Bertz CT molecular complexity index is 542. The molecule has 6 nitrogen and oxygen atoms in total. The van der Waals surface area contributed by atoms with E-state index in [1.807, 2.05) is 20.8 Å². The quantitative estimate of drug-likeness (QED) is 0.884. The van der Waals surface area contributed by atoms with Gasteiger partial charge < -0.3 is 10.0 Å². The molecule has 0 radical (unpaired) electrons. The molecule has 2 heterocycles. The summed E-state index contributed by atoms with van der Waals surface area (Å²) in [4.78, 5) is 25.0. The lowest BCUT2D eigenvalue weighted by molar-refractivity contribution is -0.141. The number of amides is 1. The standard InChI is InChI=1S/C14H21N3O3/c1-14(2,3)11-7-10(16(4)15-11)12(18)17-6-5-9(8-17)13(19)20/h7,9H,5-6,8H2,1-4H3,(H,19,20). The van der Waals surface area contributed by atoms with Gasteiger partial charge in [-0.25, -0.2) is 0 Å². The Labute approximate surface area is 118 Å². The van der Waals surface area contributed by atoms with Crippen LogP contribution in [0.15, 0.2) is 6.07 Å². The number of nitrogens with zero attached hydrogens (tertiary/aromatic N) is 3. The highest BCUT2D eigenvalue weighted by Crippen LogP contribution is 2.23. The zero-order chi connectivity index (χ0) is 15.1. The first-order valence-electron chi connectivity index (χ1n) is 6.76. The van der Waals surface area contributed by atoms with Gasteiger partial charge in [0, 0.05) is 25.6 Å². The number of carbonyl (C=O) groups excluding carboxylic acids is 1. The molecule has 2 rings (SSSR count). The molecular formula is C14H21N3O3. The van der Waals surface area contributed by atoms with Crippen molar-refractivity contribution in [1.82, 2.24) is 14.7 Å². The monoisotopic (exact) mass is 279 g/mol. The summed E-state index contributed by atoms with van der Waals surface area (Å²) in [7, 11) is 1.74. The molecule has 1 atom stereocenters. The van der Waals surface area contributed by atoms with Crippen LogP contribution in [0.3, 0.4) is 0 Å². The molecule has 1 aromatic rings. The number of rotatable bonds is 2. The maximum Gasteiger partial charge on any atom is 0.308 e. The SMILES string of the molecule is Cn1nc(C(C)(C)C)cc1C(=O)N1CCC(C(=O)O)C1. The minimum Gasteiger partial charge on any atom is -0.481 e. The van der Waals surface area contributed by atoms with Crippen molar-refractivity contribution in [1.29, 1.82) is 0 Å². The van der Waals surface area contributed by atoms with Gasteiger partial charge >= 0.3 is 5.97 Å².